The van der Waals surface area contributed by atoms with Gasteiger partial charge in [0.15, 0.2) is 0 Å². The molecule has 1 aliphatic rings. The number of nitrogens with zero attached hydrogens (tertiary/aromatic N) is 1. The number of amides is 2. The van der Waals surface area contributed by atoms with Gasteiger partial charge in [-0.25, -0.2) is 4.39 Å². The maximum atomic E-state index is 14.1. The Morgan fingerprint density at radius 3 is 2.18 bits per heavy atom. The molecular formula is C32H32FN3O2. The van der Waals surface area contributed by atoms with Crippen LogP contribution in [0.3, 0.4) is 0 Å². The Morgan fingerprint density at radius 1 is 0.842 bits per heavy atom. The van der Waals surface area contributed by atoms with Crippen molar-refractivity contribution in [3.8, 4) is 11.3 Å². The zero-order valence-corrected chi connectivity index (χ0v) is 21.3. The number of aromatic amines is 1. The second kappa shape index (κ2) is 11.9. The lowest BCUT2D eigenvalue weighted by molar-refractivity contribution is -0.127. The molecule has 194 valence electrons. The molecule has 1 aromatic heterocycles. The molecule has 0 bridgehead atoms. The highest BCUT2D eigenvalue weighted by molar-refractivity contribution is 5.97. The van der Waals surface area contributed by atoms with Crippen LogP contribution in [0.5, 0.6) is 0 Å². The molecule has 0 aliphatic heterocycles. The van der Waals surface area contributed by atoms with Gasteiger partial charge in [0.25, 0.3) is 5.91 Å². The van der Waals surface area contributed by atoms with E-state index in [1.807, 2.05) is 66.7 Å². The largest absolute Gasteiger partial charge is 0.351 e. The van der Waals surface area contributed by atoms with Gasteiger partial charge < -0.3 is 15.2 Å². The highest BCUT2D eigenvalue weighted by atomic mass is 19.1. The van der Waals surface area contributed by atoms with Gasteiger partial charge in [-0.05, 0) is 53.8 Å². The Balaban J connectivity index is 1.52. The summed E-state index contributed by atoms with van der Waals surface area (Å²) >= 11 is 0. The molecule has 1 atom stereocenters. The molecule has 1 fully saturated rings. The van der Waals surface area contributed by atoms with Crippen molar-refractivity contribution in [3.63, 3.8) is 0 Å². The van der Waals surface area contributed by atoms with Crippen molar-refractivity contribution in [1.82, 2.24) is 15.2 Å². The minimum absolute atomic E-state index is 0.0723. The van der Waals surface area contributed by atoms with E-state index in [2.05, 4.69) is 10.3 Å². The Morgan fingerprint density at radius 2 is 1.50 bits per heavy atom. The number of hydrogen-bond donors (Lipinski definition) is 2. The van der Waals surface area contributed by atoms with E-state index in [1.165, 1.54) is 18.6 Å². The number of benzene rings is 3. The topological polar surface area (TPSA) is 65.2 Å². The Kier molecular flexibility index (Phi) is 7.98. The van der Waals surface area contributed by atoms with E-state index in [9.17, 15) is 14.0 Å². The summed E-state index contributed by atoms with van der Waals surface area (Å²) in [7, 11) is 0. The number of rotatable bonds is 8. The molecule has 5 rings (SSSR count). The smallest absolute Gasteiger partial charge is 0.271 e. The van der Waals surface area contributed by atoms with E-state index in [-0.39, 0.29) is 24.4 Å². The second-order valence-electron chi connectivity index (χ2n) is 9.87. The van der Waals surface area contributed by atoms with Crippen molar-refractivity contribution in [2.75, 3.05) is 0 Å². The number of carbonyl (C=O) groups is 2. The van der Waals surface area contributed by atoms with Gasteiger partial charge in [-0.3, -0.25) is 9.59 Å². The zero-order chi connectivity index (χ0) is 26.3. The van der Waals surface area contributed by atoms with Crippen LogP contribution in [0.25, 0.3) is 11.3 Å². The SMILES string of the molecule is O=C(NC1CCCCC1)[C@@H](c1ccc(F)cc1)N(Cc1ccccc1)C(=O)c1ccc(-c2ccccc2)[nH]1. The van der Waals surface area contributed by atoms with Crippen molar-refractivity contribution in [2.45, 2.75) is 50.7 Å². The molecule has 5 nitrogen and oxygen atoms in total. The lowest BCUT2D eigenvalue weighted by atomic mass is 9.94. The molecule has 2 N–H and O–H groups in total. The predicted molar refractivity (Wildman–Crippen MR) is 147 cm³/mol. The normalized spacial score (nSPS) is 14.6. The first-order valence-corrected chi connectivity index (χ1v) is 13.2. The fraction of sp³-hybridized carbons (Fsp3) is 0.250. The van der Waals surface area contributed by atoms with E-state index in [0.717, 1.165) is 42.5 Å². The number of hydrogen-bond acceptors (Lipinski definition) is 2. The summed E-state index contributed by atoms with van der Waals surface area (Å²) in [5, 5.41) is 3.20. The first-order chi connectivity index (χ1) is 18.6. The minimum Gasteiger partial charge on any atom is -0.351 e. The molecule has 0 unspecified atom stereocenters. The number of halogens is 1. The first kappa shape index (κ1) is 25.5. The van der Waals surface area contributed by atoms with Gasteiger partial charge in [0.05, 0.1) is 0 Å². The van der Waals surface area contributed by atoms with E-state index >= 15 is 0 Å². The maximum Gasteiger partial charge on any atom is 0.271 e. The van der Waals surface area contributed by atoms with Crippen LogP contribution < -0.4 is 5.32 Å². The highest BCUT2D eigenvalue weighted by Gasteiger charge is 2.34. The summed E-state index contributed by atoms with van der Waals surface area (Å²) < 4.78 is 13.9. The van der Waals surface area contributed by atoms with Crippen molar-refractivity contribution in [1.29, 1.82) is 0 Å². The summed E-state index contributed by atoms with van der Waals surface area (Å²) in [5.41, 5.74) is 3.63. The summed E-state index contributed by atoms with van der Waals surface area (Å²) in [4.78, 5) is 32.8. The summed E-state index contributed by atoms with van der Waals surface area (Å²) in [6.07, 6.45) is 5.16. The lowest BCUT2D eigenvalue weighted by Crippen LogP contribution is -2.47. The molecule has 0 spiro atoms. The van der Waals surface area contributed by atoms with Gasteiger partial charge >= 0.3 is 0 Å². The van der Waals surface area contributed by atoms with E-state index in [4.69, 9.17) is 0 Å². The third kappa shape index (κ3) is 6.02. The molecule has 38 heavy (non-hydrogen) atoms. The van der Waals surface area contributed by atoms with E-state index < -0.39 is 11.9 Å². The van der Waals surface area contributed by atoms with Gasteiger partial charge in [-0.1, -0.05) is 92.1 Å². The minimum atomic E-state index is -0.922. The van der Waals surface area contributed by atoms with Crippen LogP contribution >= 0.6 is 0 Å². The zero-order valence-electron chi connectivity index (χ0n) is 21.3. The van der Waals surface area contributed by atoms with Crippen LogP contribution in [0.15, 0.2) is 97.1 Å². The molecule has 3 aromatic carbocycles. The molecule has 4 aromatic rings. The van der Waals surface area contributed by atoms with Crippen molar-refractivity contribution in [3.05, 3.63) is 120 Å². The Hall–Kier alpha value is -4.19. The molecule has 0 radical (unpaired) electrons. The predicted octanol–water partition coefficient (Wildman–Crippen LogP) is 6.65. The van der Waals surface area contributed by atoms with Crippen LogP contribution in [0, 0.1) is 5.82 Å². The molecule has 6 heteroatoms. The number of aromatic nitrogens is 1. The molecule has 1 heterocycles. The molecule has 2 amide bonds. The van der Waals surface area contributed by atoms with Gasteiger partial charge in [0, 0.05) is 18.3 Å². The first-order valence-electron chi connectivity index (χ1n) is 13.2. The second-order valence-corrected chi connectivity index (χ2v) is 9.87. The van der Waals surface area contributed by atoms with Crippen LogP contribution in [0.4, 0.5) is 4.39 Å². The fourth-order valence-corrected chi connectivity index (χ4v) is 5.17. The highest BCUT2D eigenvalue weighted by Crippen LogP contribution is 2.28. The third-order valence-corrected chi connectivity index (χ3v) is 7.16. The number of nitrogens with one attached hydrogen (secondary N) is 2. The van der Waals surface area contributed by atoms with Crippen LogP contribution in [0.1, 0.15) is 59.8 Å². The van der Waals surface area contributed by atoms with Crippen LogP contribution in [-0.4, -0.2) is 27.7 Å². The molecule has 0 saturated heterocycles. The van der Waals surface area contributed by atoms with Crippen LogP contribution in [-0.2, 0) is 11.3 Å². The average molecular weight is 510 g/mol. The Labute approximate surface area is 222 Å². The maximum absolute atomic E-state index is 14.1. The molecule has 1 aliphatic carbocycles. The van der Waals surface area contributed by atoms with Crippen molar-refractivity contribution in [2.24, 2.45) is 0 Å². The monoisotopic (exact) mass is 509 g/mol. The van der Waals surface area contributed by atoms with Crippen molar-refractivity contribution < 1.29 is 14.0 Å². The summed E-state index contributed by atoms with van der Waals surface area (Å²) in [6, 6.07) is 28.0. The third-order valence-electron chi connectivity index (χ3n) is 7.16. The standard InChI is InChI=1S/C32H32FN3O2/c33-26-18-16-25(17-19-26)30(31(37)34-27-14-8-3-9-15-27)36(22-23-10-4-1-5-11-23)32(38)29-21-20-28(35-29)24-12-6-2-7-13-24/h1-2,4-7,10-13,16-21,27,30,35H,3,8-9,14-15,22H2,(H,34,37)/t30-/m1/s1. The molecule has 1 saturated carbocycles. The van der Waals surface area contributed by atoms with Crippen molar-refractivity contribution >= 4 is 11.8 Å². The quantitative estimate of drug-likeness (QED) is 0.279. The number of carbonyl (C=O) groups excluding carboxylic acids is 2. The van der Waals surface area contributed by atoms with E-state index in [0.29, 0.717) is 11.3 Å². The lowest BCUT2D eigenvalue weighted by Gasteiger charge is -2.33. The average Bonchev–Trinajstić information content (AvgIpc) is 3.45. The fourth-order valence-electron chi connectivity index (χ4n) is 5.17. The van der Waals surface area contributed by atoms with Gasteiger partial charge in [-0.15, -0.1) is 0 Å². The van der Waals surface area contributed by atoms with Gasteiger partial charge in [-0.2, -0.15) is 0 Å². The summed E-state index contributed by atoms with van der Waals surface area (Å²) in [6.45, 7) is 0.222. The van der Waals surface area contributed by atoms with Crippen LogP contribution in [0.2, 0.25) is 0 Å². The Bertz CT molecular complexity index is 1350. The van der Waals surface area contributed by atoms with E-state index in [1.54, 1.807) is 23.1 Å². The van der Waals surface area contributed by atoms with Gasteiger partial charge in [0.2, 0.25) is 5.91 Å². The number of H-pyrrole nitrogens is 1. The molecular weight excluding hydrogens is 477 g/mol. The van der Waals surface area contributed by atoms with Gasteiger partial charge in [0.1, 0.15) is 17.6 Å². The summed E-state index contributed by atoms with van der Waals surface area (Å²) in [5.74, 6) is -0.940.